The third kappa shape index (κ3) is 1.06. The summed E-state index contributed by atoms with van der Waals surface area (Å²) >= 11 is 0. The summed E-state index contributed by atoms with van der Waals surface area (Å²) in [7, 11) is 0. The van der Waals surface area contributed by atoms with Crippen molar-refractivity contribution in [3.05, 3.63) is 29.8 Å². The number of hydrogen-bond acceptors (Lipinski definition) is 2. The molecule has 3 heteroatoms. The summed E-state index contributed by atoms with van der Waals surface area (Å²) in [5, 5.41) is 13.0. The second-order valence-corrected chi connectivity index (χ2v) is 3.89. The van der Waals surface area contributed by atoms with E-state index in [2.05, 4.69) is 28.1 Å². The van der Waals surface area contributed by atoms with Gasteiger partial charge in [0, 0.05) is 12.0 Å². The van der Waals surface area contributed by atoms with Gasteiger partial charge in [0.25, 0.3) is 5.84 Å². The predicted octanol–water partition coefficient (Wildman–Crippen LogP) is 0.788. The fraction of sp³-hybridized carbons (Fsp3) is 0.364. The third-order valence-corrected chi connectivity index (χ3v) is 2.97. The van der Waals surface area contributed by atoms with Crippen molar-refractivity contribution in [2.75, 3.05) is 11.9 Å². The highest BCUT2D eigenvalue weighted by molar-refractivity contribution is 5.97. The monoisotopic (exact) mass is 189 g/mol. The Morgan fingerprint density at radius 3 is 3.14 bits per heavy atom. The summed E-state index contributed by atoms with van der Waals surface area (Å²) in [6.45, 7) is 1.88. The summed E-state index contributed by atoms with van der Waals surface area (Å²) in [6.07, 6.45) is 0.541. The zero-order valence-corrected chi connectivity index (χ0v) is 7.90. The summed E-state index contributed by atoms with van der Waals surface area (Å²) < 4.78 is 2.22. The van der Waals surface area contributed by atoms with Gasteiger partial charge in [-0.15, -0.1) is 0 Å². The molecule has 3 rings (SSSR count). The van der Waals surface area contributed by atoms with Crippen LogP contribution in [0.1, 0.15) is 12.0 Å². The molecule has 0 aromatic heterocycles. The summed E-state index contributed by atoms with van der Waals surface area (Å²) in [5.41, 5.74) is 2.45. The highest BCUT2D eigenvalue weighted by Crippen LogP contribution is 2.23. The summed E-state index contributed by atoms with van der Waals surface area (Å²) in [6, 6.07) is 8.26. The number of nitrogens with zero attached hydrogens (tertiary/aromatic N) is 1. The summed E-state index contributed by atoms with van der Waals surface area (Å²) in [4.78, 5) is 0. The van der Waals surface area contributed by atoms with E-state index in [0.717, 1.165) is 31.0 Å². The minimum absolute atomic E-state index is 0.302. The molecule has 0 unspecified atom stereocenters. The van der Waals surface area contributed by atoms with E-state index in [4.69, 9.17) is 0 Å². The average Bonchev–Trinajstić information content (AvgIpc) is 2.57. The molecule has 2 aliphatic heterocycles. The van der Waals surface area contributed by atoms with Crippen LogP contribution in [-0.2, 0) is 6.54 Å². The van der Waals surface area contributed by atoms with Crippen LogP contribution in [0.15, 0.2) is 24.3 Å². The van der Waals surface area contributed by atoms with Crippen molar-refractivity contribution >= 4 is 11.5 Å². The Hall–Kier alpha value is -1.35. The van der Waals surface area contributed by atoms with E-state index in [9.17, 15) is 5.11 Å². The van der Waals surface area contributed by atoms with Crippen LogP contribution < -0.4 is 5.32 Å². The highest BCUT2D eigenvalue weighted by atomic mass is 16.3. The summed E-state index contributed by atoms with van der Waals surface area (Å²) in [5.74, 6) is 0.976. The van der Waals surface area contributed by atoms with Gasteiger partial charge in [0.1, 0.15) is 12.2 Å². The maximum Gasteiger partial charge on any atom is 0.279 e. The van der Waals surface area contributed by atoms with Gasteiger partial charge in [-0.05, 0) is 6.07 Å². The van der Waals surface area contributed by atoms with Crippen LogP contribution >= 0.6 is 0 Å². The Balaban J connectivity index is 2.02. The number of benzene rings is 1. The molecule has 0 spiro atoms. The first-order valence-electron chi connectivity index (χ1n) is 4.99. The van der Waals surface area contributed by atoms with Crippen LogP contribution in [-0.4, -0.2) is 28.2 Å². The molecule has 14 heavy (non-hydrogen) atoms. The lowest BCUT2D eigenvalue weighted by molar-refractivity contribution is -0.537. The number of aliphatic hydroxyl groups is 1. The van der Waals surface area contributed by atoms with Gasteiger partial charge in [-0.2, -0.15) is 0 Å². The normalized spacial score (nSPS) is 24.2. The van der Waals surface area contributed by atoms with Gasteiger partial charge in [0.05, 0.1) is 6.54 Å². The number of rotatable bonds is 0. The van der Waals surface area contributed by atoms with Crippen molar-refractivity contribution in [2.45, 2.75) is 19.1 Å². The second kappa shape index (κ2) is 2.82. The molecule has 0 amide bonds. The quantitative estimate of drug-likeness (QED) is 0.592. The van der Waals surface area contributed by atoms with Gasteiger partial charge in [-0.3, -0.25) is 4.58 Å². The van der Waals surface area contributed by atoms with Crippen LogP contribution in [0.25, 0.3) is 0 Å². The lowest BCUT2D eigenvalue weighted by Gasteiger charge is -2.15. The van der Waals surface area contributed by atoms with Gasteiger partial charge < -0.3 is 5.11 Å². The van der Waals surface area contributed by atoms with Crippen LogP contribution in [0.4, 0.5) is 5.69 Å². The Kier molecular flexibility index (Phi) is 1.61. The standard InChI is InChI=1S/C11H12N2O/c14-10-5-6-13-7-8-3-1-2-4-9(8)12-11(10)13/h1-4,10,14H,5-7H2/p+1/t10-/m0/s1. The molecule has 0 fully saturated rings. The first kappa shape index (κ1) is 8.00. The highest BCUT2D eigenvalue weighted by Gasteiger charge is 2.34. The van der Waals surface area contributed by atoms with E-state index < -0.39 is 0 Å². The average molecular weight is 189 g/mol. The topological polar surface area (TPSA) is 35.3 Å². The zero-order chi connectivity index (χ0) is 9.54. The molecule has 1 aromatic carbocycles. The zero-order valence-electron chi connectivity index (χ0n) is 7.90. The number of anilines is 1. The molecule has 2 aliphatic rings. The van der Waals surface area contributed by atoms with E-state index in [-0.39, 0.29) is 6.10 Å². The largest absolute Gasteiger partial charge is 0.380 e. The molecule has 0 aliphatic carbocycles. The maximum atomic E-state index is 9.71. The van der Waals surface area contributed by atoms with Crippen molar-refractivity contribution in [1.82, 2.24) is 0 Å². The van der Waals surface area contributed by atoms with Gasteiger partial charge in [0.2, 0.25) is 0 Å². The lowest BCUT2D eigenvalue weighted by atomic mass is 10.1. The van der Waals surface area contributed by atoms with Crippen molar-refractivity contribution in [3.8, 4) is 0 Å². The molecule has 0 radical (unpaired) electrons. The number of fused-ring (bicyclic) bond motifs is 1. The number of para-hydroxylation sites is 1. The van der Waals surface area contributed by atoms with Crippen LogP contribution in [0.2, 0.25) is 0 Å². The number of aliphatic hydroxyl groups excluding tert-OH is 1. The van der Waals surface area contributed by atoms with Crippen molar-refractivity contribution in [2.24, 2.45) is 0 Å². The SMILES string of the molecule is O[C@H]1CC[N+]2=C1Nc1ccccc1C2. The van der Waals surface area contributed by atoms with Crippen molar-refractivity contribution < 1.29 is 9.68 Å². The molecule has 0 bridgehead atoms. The van der Waals surface area contributed by atoms with E-state index in [0.29, 0.717) is 0 Å². The van der Waals surface area contributed by atoms with Crippen molar-refractivity contribution in [1.29, 1.82) is 0 Å². The molecule has 2 N–H and O–H groups in total. The second-order valence-electron chi connectivity index (χ2n) is 3.89. The molecule has 72 valence electrons. The molecule has 3 nitrogen and oxygen atoms in total. The fourth-order valence-corrected chi connectivity index (χ4v) is 2.20. The number of hydrogen-bond donors (Lipinski definition) is 2. The molecular weight excluding hydrogens is 176 g/mol. The van der Waals surface area contributed by atoms with Gasteiger partial charge in [-0.1, -0.05) is 18.2 Å². The van der Waals surface area contributed by atoms with E-state index in [1.54, 1.807) is 0 Å². The van der Waals surface area contributed by atoms with Gasteiger partial charge in [0.15, 0.2) is 6.10 Å². The smallest absolute Gasteiger partial charge is 0.279 e. The number of amidine groups is 1. The van der Waals surface area contributed by atoms with E-state index in [1.807, 2.05) is 6.07 Å². The fourth-order valence-electron chi connectivity index (χ4n) is 2.20. The Labute approximate surface area is 82.7 Å². The molecule has 2 heterocycles. The lowest BCUT2D eigenvalue weighted by Crippen LogP contribution is -2.33. The molecule has 1 aromatic rings. The van der Waals surface area contributed by atoms with E-state index >= 15 is 0 Å². The van der Waals surface area contributed by atoms with E-state index in [1.165, 1.54) is 5.56 Å². The molecule has 0 saturated heterocycles. The predicted molar refractivity (Wildman–Crippen MR) is 54.5 cm³/mol. The molecular formula is C11H13N2O+. The minimum Gasteiger partial charge on any atom is -0.380 e. The first-order chi connectivity index (χ1) is 6.84. The maximum absolute atomic E-state index is 9.71. The third-order valence-electron chi connectivity index (χ3n) is 2.97. The Bertz CT molecular complexity index is 412. The van der Waals surface area contributed by atoms with Gasteiger partial charge >= 0.3 is 0 Å². The Morgan fingerprint density at radius 1 is 1.36 bits per heavy atom. The van der Waals surface area contributed by atoms with Crippen LogP contribution in [0.5, 0.6) is 0 Å². The van der Waals surface area contributed by atoms with Gasteiger partial charge in [-0.25, -0.2) is 5.32 Å². The molecule has 1 atom stereocenters. The first-order valence-corrected chi connectivity index (χ1v) is 4.99. The minimum atomic E-state index is -0.302. The number of nitrogens with one attached hydrogen (secondary N) is 1. The molecule has 0 saturated carbocycles. The Morgan fingerprint density at radius 2 is 2.21 bits per heavy atom. The van der Waals surface area contributed by atoms with Crippen molar-refractivity contribution in [3.63, 3.8) is 0 Å². The van der Waals surface area contributed by atoms with Crippen LogP contribution in [0.3, 0.4) is 0 Å². The van der Waals surface area contributed by atoms with Crippen LogP contribution in [0, 0.1) is 0 Å².